The van der Waals surface area contributed by atoms with Crippen LogP contribution in [0.4, 0.5) is 16.2 Å². The molecule has 2 rings (SSSR count). The Labute approximate surface area is 127 Å². The molecule has 0 saturated carbocycles. The molecule has 0 aromatic heterocycles. The smallest absolute Gasteiger partial charge is 0.414 e. The molecule has 0 bridgehead atoms. The van der Waals surface area contributed by atoms with E-state index in [1.807, 2.05) is 26.8 Å². The maximum Gasteiger partial charge on any atom is 0.414 e. The van der Waals surface area contributed by atoms with Crippen molar-refractivity contribution < 1.29 is 9.53 Å². The number of carbonyl (C=O) groups excluding carboxylic acids is 1. The maximum atomic E-state index is 12.5. The fraction of sp³-hybridized carbons (Fsp3) is 0.588. The lowest BCUT2D eigenvalue weighted by atomic mass is 9.98. The van der Waals surface area contributed by atoms with E-state index in [9.17, 15) is 4.79 Å². The number of benzene rings is 1. The number of hydrogen-bond acceptors (Lipinski definition) is 3. The predicted molar refractivity (Wildman–Crippen MR) is 87.1 cm³/mol. The Morgan fingerprint density at radius 2 is 2.05 bits per heavy atom. The van der Waals surface area contributed by atoms with Gasteiger partial charge in [0.25, 0.3) is 0 Å². The number of hydrogen-bond donors (Lipinski definition) is 1. The van der Waals surface area contributed by atoms with Crippen LogP contribution in [0.25, 0.3) is 0 Å². The van der Waals surface area contributed by atoms with Crippen molar-refractivity contribution in [1.82, 2.24) is 0 Å². The van der Waals surface area contributed by atoms with Crippen molar-refractivity contribution in [2.24, 2.45) is 0 Å². The van der Waals surface area contributed by atoms with E-state index in [1.165, 1.54) is 5.56 Å². The molecular formula is C17H26N2O2. The first-order valence-electron chi connectivity index (χ1n) is 7.53. The molecule has 1 N–H and O–H groups in total. The van der Waals surface area contributed by atoms with Gasteiger partial charge in [0.15, 0.2) is 0 Å². The topological polar surface area (TPSA) is 41.6 Å². The van der Waals surface area contributed by atoms with Crippen molar-refractivity contribution in [3.63, 3.8) is 0 Å². The molecule has 0 atom stereocenters. The number of rotatable bonds is 1. The third-order valence-corrected chi connectivity index (χ3v) is 3.40. The molecule has 1 aliphatic heterocycles. The second-order valence-electron chi connectivity index (χ2n) is 7.28. The number of nitrogens with one attached hydrogen (secondary N) is 1. The molecule has 1 aromatic rings. The molecule has 0 spiro atoms. The van der Waals surface area contributed by atoms with Crippen LogP contribution in [0.5, 0.6) is 0 Å². The van der Waals surface area contributed by atoms with Crippen LogP contribution >= 0.6 is 0 Å². The summed E-state index contributed by atoms with van der Waals surface area (Å²) in [6.07, 6.45) is 0.658. The first-order valence-corrected chi connectivity index (χ1v) is 7.53. The molecule has 1 aliphatic rings. The van der Waals surface area contributed by atoms with Crippen LogP contribution in [0.3, 0.4) is 0 Å². The van der Waals surface area contributed by atoms with Crippen molar-refractivity contribution in [2.45, 2.75) is 59.1 Å². The molecule has 1 amide bonds. The van der Waals surface area contributed by atoms with Crippen LogP contribution in [0.2, 0.25) is 0 Å². The molecule has 116 valence electrons. The minimum Gasteiger partial charge on any atom is -0.443 e. The lowest BCUT2D eigenvalue weighted by Gasteiger charge is -2.41. The van der Waals surface area contributed by atoms with Gasteiger partial charge in [-0.15, -0.1) is 0 Å². The summed E-state index contributed by atoms with van der Waals surface area (Å²) in [4.78, 5) is 14.3. The largest absolute Gasteiger partial charge is 0.443 e. The Morgan fingerprint density at radius 3 is 2.62 bits per heavy atom. The van der Waals surface area contributed by atoms with Crippen molar-refractivity contribution in [2.75, 3.05) is 16.8 Å². The molecule has 0 unspecified atom stereocenters. The Morgan fingerprint density at radius 1 is 1.38 bits per heavy atom. The number of carbonyl (C=O) groups is 1. The van der Waals surface area contributed by atoms with Gasteiger partial charge in [0.05, 0.1) is 17.9 Å². The Bertz CT molecular complexity index is 544. The Kier molecular flexibility index (Phi) is 3.91. The van der Waals surface area contributed by atoms with Gasteiger partial charge in [-0.2, -0.15) is 0 Å². The fourth-order valence-electron chi connectivity index (χ4n) is 2.49. The molecular weight excluding hydrogens is 264 g/mol. The Hall–Kier alpha value is -1.71. The highest BCUT2D eigenvalue weighted by atomic mass is 16.6. The molecule has 0 saturated heterocycles. The predicted octanol–water partition coefficient (Wildman–Crippen LogP) is 4.19. The third-order valence-electron chi connectivity index (χ3n) is 3.40. The maximum absolute atomic E-state index is 12.5. The molecule has 0 radical (unpaired) electrons. The first kappa shape index (κ1) is 15.7. The van der Waals surface area contributed by atoms with E-state index < -0.39 is 5.60 Å². The van der Waals surface area contributed by atoms with Crippen LogP contribution < -0.4 is 10.2 Å². The minimum atomic E-state index is -0.491. The first-order chi connectivity index (χ1) is 9.61. The van der Waals surface area contributed by atoms with Crippen molar-refractivity contribution in [3.8, 4) is 0 Å². The summed E-state index contributed by atoms with van der Waals surface area (Å²) >= 11 is 0. The molecule has 0 fully saturated rings. The van der Waals surface area contributed by atoms with E-state index in [0.717, 1.165) is 17.8 Å². The quantitative estimate of drug-likeness (QED) is 0.843. The number of amides is 1. The molecule has 1 aromatic carbocycles. The summed E-state index contributed by atoms with van der Waals surface area (Å²) in [5, 5.41) is 3.49. The van der Waals surface area contributed by atoms with Crippen LogP contribution in [-0.4, -0.2) is 23.8 Å². The van der Waals surface area contributed by atoms with Gasteiger partial charge >= 0.3 is 6.09 Å². The van der Waals surface area contributed by atoms with Crippen LogP contribution in [0, 0.1) is 0 Å². The van der Waals surface area contributed by atoms with Crippen LogP contribution in [-0.2, 0) is 11.2 Å². The van der Waals surface area contributed by atoms with Crippen molar-refractivity contribution in [1.29, 1.82) is 0 Å². The van der Waals surface area contributed by atoms with Gasteiger partial charge in [0.1, 0.15) is 5.60 Å². The fourth-order valence-corrected chi connectivity index (χ4v) is 2.49. The molecule has 4 nitrogen and oxygen atoms in total. The van der Waals surface area contributed by atoms with E-state index in [0.29, 0.717) is 6.54 Å². The van der Waals surface area contributed by atoms with E-state index >= 15 is 0 Å². The zero-order valence-electron chi connectivity index (χ0n) is 13.9. The second kappa shape index (κ2) is 5.24. The standard InChI is InChI=1S/C17H26N2O2/c1-7-12-8-9-13-14(10-12)19(11-17(5,6)18-13)15(20)21-16(2,3)4/h8-10,18H,7,11H2,1-6H3. The average molecular weight is 290 g/mol. The number of aryl methyl sites for hydroxylation is 1. The molecule has 4 heteroatoms. The van der Waals surface area contributed by atoms with Crippen LogP contribution in [0.15, 0.2) is 18.2 Å². The highest BCUT2D eigenvalue weighted by molar-refractivity contribution is 5.94. The zero-order chi connectivity index (χ0) is 15.8. The summed E-state index contributed by atoms with van der Waals surface area (Å²) < 4.78 is 5.56. The highest BCUT2D eigenvalue weighted by Crippen LogP contribution is 2.36. The monoisotopic (exact) mass is 290 g/mol. The van der Waals surface area contributed by atoms with Gasteiger partial charge in [-0.1, -0.05) is 13.0 Å². The molecule has 0 aliphatic carbocycles. The summed E-state index contributed by atoms with van der Waals surface area (Å²) in [5.74, 6) is 0. The number of anilines is 2. The summed E-state index contributed by atoms with van der Waals surface area (Å²) in [6, 6.07) is 6.22. The molecule has 21 heavy (non-hydrogen) atoms. The van der Waals surface area contributed by atoms with Gasteiger partial charge in [0.2, 0.25) is 0 Å². The lowest BCUT2D eigenvalue weighted by Crippen LogP contribution is -2.51. The summed E-state index contributed by atoms with van der Waals surface area (Å²) in [5.41, 5.74) is 2.42. The van der Waals surface area contributed by atoms with E-state index in [4.69, 9.17) is 4.74 Å². The third kappa shape index (κ3) is 3.69. The Balaban J connectivity index is 2.39. The van der Waals surface area contributed by atoms with Gasteiger partial charge in [0, 0.05) is 5.54 Å². The second-order valence-corrected chi connectivity index (χ2v) is 7.28. The van der Waals surface area contributed by atoms with E-state index in [2.05, 4.69) is 38.2 Å². The number of fused-ring (bicyclic) bond motifs is 1. The molecule has 1 heterocycles. The van der Waals surface area contributed by atoms with Gasteiger partial charge < -0.3 is 10.1 Å². The SMILES string of the molecule is CCc1ccc2c(c1)N(C(=O)OC(C)(C)C)CC(C)(C)N2. The number of ether oxygens (including phenoxy) is 1. The highest BCUT2D eigenvalue weighted by Gasteiger charge is 2.35. The summed E-state index contributed by atoms with van der Waals surface area (Å²) in [7, 11) is 0. The van der Waals surface area contributed by atoms with E-state index in [1.54, 1.807) is 4.90 Å². The van der Waals surface area contributed by atoms with Crippen molar-refractivity contribution >= 4 is 17.5 Å². The van der Waals surface area contributed by atoms with Crippen LogP contribution in [0.1, 0.15) is 47.1 Å². The zero-order valence-corrected chi connectivity index (χ0v) is 13.9. The van der Waals surface area contributed by atoms with Crippen molar-refractivity contribution in [3.05, 3.63) is 23.8 Å². The lowest BCUT2D eigenvalue weighted by molar-refractivity contribution is 0.0573. The average Bonchev–Trinajstić information content (AvgIpc) is 2.34. The normalized spacial score (nSPS) is 17.0. The van der Waals surface area contributed by atoms with Gasteiger partial charge in [-0.3, -0.25) is 4.90 Å². The van der Waals surface area contributed by atoms with Gasteiger partial charge in [-0.25, -0.2) is 4.79 Å². The van der Waals surface area contributed by atoms with E-state index in [-0.39, 0.29) is 11.6 Å². The van der Waals surface area contributed by atoms with Gasteiger partial charge in [-0.05, 0) is 58.7 Å². The summed E-state index contributed by atoms with van der Waals surface area (Å²) in [6.45, 7) is 12.5. The minimum absolute atomic E-state index is 0.183. The number of nitrogens with zero attached hydrogens (tertiary/aromatic N) is 1.